The normalized spacial score (nSPS) is 18.4. The highest BCUT2D eigenvalue weighted by molar-refractivity contribution is 5.74. The fourth-order valence-corrected chi connectivity index (χ4v) is 2.18. The zero-order valence-electron chi connectivity index (χ0n) is 11.0. The van der Waals surface area contributed by atoms with E-state index >= 15 is 0 Å². The number of carbonyl (C=O) groups is 2. The van der Waals surface area contributed by atoms with Crippen LogP contribution < -0.4 is 5.32 Å². The van der Waals surface area contributed by atoms with Crippen LogP contribution in [0.4, 0.5) is 4.79 Å². The number of nitrogens with zero attached hydrogens (tertiary/aromatic N) is 1. The van der Waals surface area contributed by atoms with E-state index in [1.54, 1.807) is 12.0 Å². The molecule has 6 heteroatoms. The summed E-state index contributed by atoms with van der Waals surface area (Å²) in [4.78, 5) is 24.2. The van der Waals surface area contributed by atoms with Crippen LogP contribution >= 0.6 is 0 Å². The van der Waals surface area contributed by atoms with Gasteiger partial charge in [0, 0.05) is 26.6 Å². The molecule has 0 spiro atoms. The van der Waals surface area contributed by atoms with E-state index in [9.17, 15) is 9.59 Å². The van der Waals surface area contributed by atoms with E-state index in [-0.39, 0.29) is 24.4 Å². The van der Waals surface area contributed by atoms with Gasteiger partial charge in [0.1, 0.15) is 0 Å². The largest absolute Gasteiger partial charge is 0.481 e. The van der Waals surface area contributed by atoms with Crippen molar-refractivity contribution in [2.45, 2.75) is 32.2 Å². The number of carboxylic acid groups (broad SMARTS) is 1. The zero-order valence-corrected chi connectivity index (χ0v) is 11.0. The quantitative estimate of drug-likeness (QED) is 0.768. The van der Waals surface area contributed by atoms with Crippen molar-refractivity contribution in [2.75, 3.05) is 26.8 Å². The third kappa shape index (κ3) is 4.91. The first-order valence-electron chi connectivity index (χ1n) is 6.29. The van der Waals surface area contributed by atoms with E-state index in [2.05, 4.69) is 5.32 Å². The number of hydrogen-bond acceptors (Lipinski definition) is 3. The Bertz CT molecular complexity index is 288. The van der Waals surface area contributed by atoms with Crippen LogP contribution in [-0.4, -0.2) is 54.9 Å². The van der Waals surface area contributed by atoms with Crippen LogP contribution in [-0.2, 0) is 9.53 Å². The lowest BCUT2D eigenvalue weighted by molar-refractivity contribution is -0.138. The van der Waals surface area contributed by atoms with Crippen molar-refractivity contribution >= 4 is 12.0 Å². The van der Waals surface area contributed by atoms with Gasteiger partial charge in [0.05, 0.1) is 12.6 Å². The van der Waals surface area contributed by atoms with Crippen LogP contribution in [0.2, 0.25) is 0 Å². The summed E-state index contributed by atoms with van der Waals surface area (Å²) in [7, 11) is 1.60. The topological polar surface area (TPSA) is 78.9 Å². The predicted octanol–water partition coefficient (Wildman–Crippen LogP) is 0.918. The predicted molar refractivity (Wildman–Crippen MR) is 66.4 cm³/mol. The number of carboxylic acids is 1. The Balaban J connectivity index is 2.29. The molecular weight excluding hydrogens is 236 g/mol. The van der Waals surface area contributed by atoms with E-state index < -0.39 is 5.97 Å². The monoisotopic (exact) mass is 258 g/mol. The second kappa shape index (κ2) is 7.20. The maximum absolute atomic E-state index is 11.9. The molecule has 2 amide bonds. The molecule has 0 bridgehead atoms. The molecule has 1 unspecified atom stereocenters. The summed E-state index contributed by atoms with van der Waals surface area (Å²) in [6.45, 7) is 3.63. The fourth-order valence-electron chi connectivity index (χ4n) is 2.18. The summed E-state index contributed by atoms with van der Waals surface area (Å²) in [6.07, 6.45) is 1.73. The maximum atomic E-state index is 11.9. The Morgan fingerprint density at radius 1 is 1.44 bits per heavy atom. The highest BCUT2D eigenvalue weighted by Crippen LogP contribution is 2.20. The van der Waals surface area contributed by atoms with Crippen molar-refractivity contribution in [1.29, 1.82) is 0 Å². The molecule has 1 atom stereocenters. The first-order chi connectivity index (χ1) is 8.52. The van der Waals surface area contributed by atoms with Crippen molar-refractivity contribution in [3.05, 3.63) is 0 Å². The number of aliphatic carboxylic acids is 1. The molecule has 1 fully saturated rings. The van der Waals surface area contributed by atoms with Crippen LogP contribution in [0.5, 0.6) is 0 Å². The number of nitrogens with one attached hydrogen (secondary N) is 1. The highest BCUT2D eigenvalue weighted by atomic mass is 16.5. The number of amides is 2. The molecule has 1 aliphatic rings. The van der Waals surface area contributed by atoms with Crippen molar-refractivity contribution < 1.29 is 19.4 Å². The van der Waals surface area contributed by atoms with Gasteiger partial charge in [-0.3, -0.25) is 4.79 Å². The molecule has 104 valence electrons. The summed E-state index contributed by atoms with van der Waals surface area (Å²) in [6, 6.07) is -0.104. The molecule has 18 heavy (non-hydrogen) atoms. The molecule has 1 saturated heterocycles. The number of carbonyl (C=O) groups excluding carboxylic acids is 1. The maximum Gasteiger partial charge on any atom is 0.317 e. The average Bonchev–Trinajstić information content (AvgIpc) is 2.29. The molecule has 6 nitrogen and oxygen atoms in total. The van der Waals surface area contributed by atoms with Gasteiger partial charge in [-0.1, -0.05) is 0 Å². The lowest BCUT2D eigenvalue weighted by Gasteiger charge is -2.32. The number of methoxy groups -OCH3 is 1. The van der Waals surface area contributed by atoms with Gasteiger partial charge in [-0.15, -0.1) is 0 Å². The molecule has 0 aromatic carbocycles. The first kappa shape index (κ1) is 14.8. The number of hydrogen-bond donors (Lipinski definition) is 2. The van der Waals surface area contributed by atoms with Crippen LogP contribution in [0.15, 0.2) is 0 Å². The van der Waals surface area contributed by atoms with Gasteiger partial charge in [0.25, 0.3) is 0 Å². The summed E-state index contributed by atoms with van der Waals surface area (Å²) < 4.78 is 4.95. The summed E-state index contributed by atoms with van der Waals surface area (Å²) in [5.41, 5.74) is 0. The van der Waals surface area contributed by atoms with E-state index in [1.807, 2.05) is 6.92 Å². The van der Waals surface area contributed by atoms with Crippen molar-refractivity contribution in [2.24, 2.45) is 5.92 Å². The molecule has 1 rings (SSSR count). The average molecular weight is 258 g/mol. The van der Waals surface area contributed by atoms with Gasteiger partial charge in [-0.25, -0.2) is 4.79 Å². The molecule has 0 radical (unpaired) electrons. The van der Waals surface area contributed by atoms with Gasteiger partial charge in [0.2, 0.25) is 0 Å². The molecule has 0 aromatic heterocycles. The number of likely N-dealkylation sites (tertiary alicyclic amines) is 1. The Morgan fingerprint density at radius 3 is 2.56 bits per heavy atom. The number of urea groups is 1. The molecular formula is C12H22N2O4. The van der Waals surface area contributed by atoms with Gasteiger partial charge >= 0.3 is 12.0 Å². The number of piperidine rings is 1. The van der Waals surface area contributed by atoms with Gasteiger partial charge in [-0.2, -0.15) is 0 Å². The third-order valence-electron chi connectivity index (χ3n) is 3.15. The lowest BCUT2D eigenvalue weighted by Crippen LogP contribution is -2.48. The fraction of sp³-hybridized carbons (Fsp3) is 0.833. The molecule has 1 heterocycles. The standard InChI is InChI=1S/C12H22N2O4/c1-9(8-18-2)13-12(17)14-5-3-10(4-6-14)7-11(15)16/h9-10H,3-8H2,1-2H3,(H,13,17)(H,15,16). The molecule has 0 saturated carbocycles. The van der Waals surface area contributed by atoms with E-state index in [1.165, 1.54) is 0 Å². The Hall–Kier alpha value is -1.30. The van der Waals surface area contributed by atoms with Crippen LogP contribution in [0.25, 0.3) is 0 Å². The minimum atomic E-state index is -0.758. The molecule has 0 aliphatic carbocycles. The Morgan fingerprint density at radius 2 is 2.06 bits per heavy atom. The SMILES string of the molecule is COCC(C)NC(=O)N1CCC(CC(=O)O)CC1. The molecule has 2 N–H and O–H groups in total. The van der Waals surface area contributed by atoms with Crippen molar-refractivity contribution in [3.8, 4) is 0 Å². The zero-order chi connectivity index (χ0) is 13.5. The van der Waals surface area contributed by atoms with Gasteiger partial charge in [-0.05, 0) is 25.7 Å². The van der Waals surface area contributed by atoms with Gasteiger partial charge in [0.15, 0.2) is 0 Å². The first-order valence-corrected chi connectivity index (χ1v) is 6.29. The van der Waals surface area contributed by atoms with Crippen LogP contribution in [0.3, 0.4) is 0 Å². The van der Waals surface area contributed by atoms with Crippen LogP contribution in [0, 0.1) is 5.92 Å². The smallest absolute Gasteiger partial charge is 0.317 e. The second-order valence-electron chi connectivity index (χ2n) is 4.83. The summed E-state index contributed by atoms with van der Waals surface area (Å²) >= 11 is 0. The third-order valence-corrected chi connectivity index (χ3v) is 3.15. The Kier molecular flexibility index (Phi) is 5.91. The van der Waals surface area contributed by atoms with Gasteiger partial charge < -0.3 is 20.1 Å². The summed E-state index contributed by atoms with van der Waals surface area (Å²) in [5.74, 6) is -0.561. The van der Waals surface area contributed by atoms with Crippen molar-refractivity contribution in [3.63, 3.8) is 0 Å². The second-order valence-corrected chi connectivity index (χ2v) is 4.83. The molecule has 0 aromatic rings. The highest BCUT2D eigenvalue weighted by Gasteiger charge is 2.24. The van der Waals surface area contributed by atoms with Crippen molar-refractivity contribution in [1.82, 2.24) is 10.2 Å². The number of ether oxygens (including phenoxy) is 1. The molecule has 1 aliphatic heterocycles. The Labute approximate surface area is 107 Å². The number of rotatable bonds is 5. The van der Waals surface area contributed by atoms with E-state index in [4.69, 9.17) is 9.84 Å². The minimum Gasteiger partial charge on any atom is -0.481 e. The minimum absolute atomic E-state index is 0.0146. The summed E-state index contributed by atoms with van der Waals surface area (Å²) in [5, 5.41) is 11.6. The van der Waals surface area contributed by atoms with E-state index in [0.29, 0.717) is 19.7 Å². The lowest BCUT2D eigenvalue weighted by atomic mass is 9.94. The van der Waals surface area contributed by atoms with E-state index in [0.717, 1.165) is 12.8 Å². The van der Waals surface area contributed by atoms with Crippen LogP contribution in [0.1, 0.15) is 26.2 Å².